The van der Waals surface area contributed by atoms with Crippen LogP contribution in [0.1, 0.15) is 40.0 Å². The lowest BCUT2D eigenvalue weighted by Crippen LogP contribution is -2.26. The minimum Gasteiger partial charge on any atom is -0.380 e. The second-order valence-electron chi connectivity index (χ2n) is 3.60. The molecule has 74 valence electrons. The third-order valence-electron chi connectivity index (χ3n) is 2.04. The average molecular weight is 173 g/mol. The molecule has 0 spiro atoms. The maximum atomic E-state index is 5.71. The fourth-order valence-corrected chi connectivity index (χ4v) is 1.11. The van der Waals surface area contributed by atoms with Gasteiger partial charge < -0.3 is 10.5 Å². The zero-order valence-corrected chi connectivity index (χ0v) is 8.68. The van der Waals surface area contributed by atoms with Gasteiger partial charge in [0.05, 0.1) is 6.61 Å². The Morgan fingerprint density at radius 3 is 2.42 bits per heavy atom. The molecule has 2 heteroatoms. The molecule has 0 rings (SSSR count). The van der Waals surface area contributed by atoms with Crippen LogP contribution in [0.2, 0.25) is 0 Å². The number of ether oxygens (including phenoxy) is 1. The van der Waals surface area contributed by atoms with Crippen molar-refractivity contribution in [1.82, 2.24) is 0 Å². The van der Waals surface area contributed by atoms with Crippen molar-refractivity contribution >= 4 is 0 Å². The summed E-state index contributed by atoms with van der Waals surface area (Å²) in [6.07, 6.45) is 3.49. The van der Waals surface area contributed by atoms with E-state index in [0.29, 0.717) is 12.5 Å². The van der Waals surface area contributed by atoms with E-state index in [-0.39, 0.29) is 6.04 Å². The molecule has 2 atom stereocenters. The van der Waals surface area contributed by atoms with Crippen molar-refractivity contribution in [1.29, 1.82) is 0 Å². The van der Waals surface area contributed by atoms with Crippen LogP contribution in [-0.2, 0) is 4.74 Å². The molecule has 2 N–H and O–H groups in total. The van der Waals surface area contributed by atoms with E-state index in [1.165, 1.54) is 12.8 Å². The molecule has 0 bridgehead atoms. The third kappa shape index (κ3) is 6.62. The summed E-state index contributed by atoms with van der Waals surface area (Å²) in [6.45, 7) is 8.09. The van der Waals surface area contributed by atoms with Crippen LogP contribution >= 0.6 is 0 Å². The molecule has 2 nitrogen and oxygen atoms in total. The predicted octanol–water partition coefficient (Wildman–Crippen LogP) is 2.18. The molecule has 0 aliphatic rings. The van der Waals surface area contributed by atoms with Crippen LogP contribution < -0.4 is 5.73 Å². The summed E-state index contributed by atoms with van der Waals surface area (Å²) < 4.78 is 5.48. The lowest BCUT2D eigenvalue weighted by Gasteiger charge is -2.13. The Morgan fingerprint density at radius 2 is 1.92 bits per heavy atom. The summed E-state index contributed by atoms with van der Waals surface area (Å²) >= 11 is 0. The van der Waals surface area contributed by atoms with E-state index in [9.17, 15) is 0 Å². The molecule has 0 saturated heterocycles. The van der Waals surface area contributed by atoms with E-state index in [2.05, 4.69) is 20.8 Å². The Bertz CT molecular complexity index is 95.8. The van der Waals surface area contributed by atoms with Crippen LogP contribution in [0.25, 0.3) is 0 Å². The van der Waals surface area contributed by atoms with Crippen molar-refractivity contribution in [3.63, 3.8) is 0 Å². The highest BCUT2D eigenvalue weighted by Gasteiger charge is 2.02. The van der Waals surface area contributed by atoms with Gasteiger partial charge in [-0.2, -0.15) is 0 Å². The van der Waals surface area contributed by atoms with Gasteiger partial charge in [0.25, 0.3) is 0 Å². The maximum absolute atomic E-state index is 5.71. The highest BCUT2D eigenvalue weighted by molar-refractivity contribution is 4.56. The Kier molecular flexibility index (Phi) is 7.51. The van der Waals surface area contributed by atoms with Crippen molar-refractivity contribution in [2.24, 2.45) is 11.7 Å². The lowest BCUT2D eigenvalue weighted by molar-refractivity contribution is 0.0902. The van der Waals surface area contributed by atoms with Crippen LogP contribution in [0.3, 0.4) is 0 Å². The van der Waals surface area contributed by atoms with E-state index in [0.717, 1.165) is 13.0 Å². The quantitative estimate of drug-likeness (QED) is 0.640. The fourth-order valence-electron chi connectivity index (χ4n) is 1.11. The summed E-state index contributed by atoms with van der Waals surface area (Å²) in [5, 5.41) is 0. The Labute approximate surface area is 76.5 Å². The SMILES string of the molecule is CCCC(C)COCC(N)CC. The molecule has 0 aliphatic carbocycles. The van der Waals surface area contributed by atoms with Gasteiger partial charge in [0.2, 0.25) is 0 Å². The highest BCUT2D eigenvalue weighted by Crippen LogP contribution is 2.05. The highest BCUT2D eigenvalue weighted by atomic mass is 16.5. The van der Waals surface area contributed by atoms with Crippen LogP contribution in [0, 0.1) is 5.92 Å². The average Bonchev–Trinajstić information content (AvgIpc) is 2.04. The van der Waals surface area contributed by atoms with E-state index >= 15 is 0 Å². The number of nitrogens with two attached hydrogens (primary N) is 1. The minimum atomic E-state index is 0.221. The van der Waals surface area contributed by atoms with Gasteiger partial charge in [0.15, 0.2) is 0 Å². The molecule has 0 aromatic rings. The molecule has 2 unspecified atom stereocenters. The molecule has 0 aromatic heterocycles. The van der Waals surface area contributed by atoms with Gasteiger partial charge in [-0.1, -0.05) is 27.2 Å². The molecule has 0 radical (unpaired) electrons. The molecule has 0 amide bonds. The summed E-state index contributed by atoms with van der Waals surface area (Å²) in [4.78, 5) is 0. The molecular formula is C10H23NO. The zero-order chi connectivity index (χ0) is 9.40. The van der Waals surface area contributed by atoms with Gasteiger partial charge in [0.1, 0.15) is 0 Å². The standard InChI is InChI=1S/C10H23NO/c1-4-6-9(3)7-12-8-10(11)5-2/h9-10H,4-8,11H2,1-3H3. The molecular weight excluding hydrogens is 150 g/mol. The Balaban J connectivity index is 3.18. The molecule has 0 saturated carbocycles. The van der Waals surface area contributed by atoms with Crippen LogP contribution in [0.5, 0.6) is 0 Å². The first kappa shape index (κ1) is 11.9. The fraction of sp³-hybridized carbons (Fsp3) is 1.00. The maximum Gasteiger partial charge on any atom is 0.0617 e. The van der Waals surface area contributed by atoms with E-state index < -0.39 is 0 Å². The van der Waals surface area contributed by atoms with Crippen LogP contribution in [0.15, 0.2) is 0 Å². The van der Waals surface area contributed by atoms with Crippen molar-refractivity contribution < 1.29 is 4.74 Å². The lowest BCUT2D eigenvalue weighted by atomic mass is 10.1. The first-order valence-corrected chi connectivity index (χ1v) is 5.04. The Morgan fingerprint density at radius 1 is 1.25 bits per heavy atom. The summed E-state index contributed by atoms with van der Waals surface area (Å²) in [7, 11) is 0. The van der Waals surface area contributed by atoms with Gasteiger partial charge in [-0.3, -0.25) is 0 Å². The zero-order valence-electron chi connectivity index (χ0n) is 8.68. The monoisotopic (exact) mass is 173 g/mol. The van der Waals surface area contributed by atoms with Crippen molar-refractivity contribution in [2.75, 3.05) is 13.2 Å². The number of hydrogen-bond acceptors (Lipinski definition) is 2. The van der Waals surface area contributed by atoms with Gasteiger partial charge in [-0.25, -0.2) is 0 Å². The predicted molar refractivity (Wildman–Crippen MR) is 53.2 cm³/mol. The molecule has 0 aliphatic heterocycles. The number of hydrogen-bond donors (Lipinski definition) is 1. The normalized spacial score (nSPS) is 16.0. The second kappa shape index (κ2) is 7.56. The van der Waals surface area contributed by atoms with Gasteiger partial charge in [-0.05, 0) is 18.8 Å². The number of rotatable bonds is 7. The van der Waals surface area contributed by atoms with E-state index in [4.69, 9.17) is 10.5 Å². The molecule has 0 heterocycles. The van der Waals surface area contributed by atoms with Crippen molar-refractivity contribution in [3.8, 4) is 0 Å². The molecule has 12 heavy (non-hydrogen) atoms. The van der Waals surface area contributed by atoms with Gasteiger partial charge in [-0.15, -0.1) is 0 Å². The molecule has 0 fully saturated rings. The smallest absolute Gasteiger partial charge is 0.0617 e. The Hall–Kier alpha value is -0.0800. The minimum absolute atomic E-state index is 0.221. The first-order valence-electron chi connectivity index (χ1n) is 5.04. The second-order valence-corrected chi connectivity index (χ2v) is 3.60. The van der Waals surface area contributed by atoms with Crippen LogP contribution in [0.4, 0.5) is 0 Å². The molecule has 0 aromatic carbocycles. The topological polar surface area (TPSA) is 35.2 Å². The first-order chi connectivity index (χ1) is 5.70. The van der Waals surface area contributed by atoms with Crippen molar-refractivity contribution in [2.45, 2.75) is 46.1 Å². The summed E-state index contributed by atoms with van der Waals surface area (Å²) in [5.41, 5.74) is 5.71. The van der Waals surface area contributed by atoms with E-state index in [1.54, 1.807) is 0 Å². The summed E-state index contributed by atoms with van der Waals surface area (Å²) in [6, 6.07) is 0.221. The van der Waals surface area contributed by atoms with Gasteiger partial charge in [0, 0.05) is 12.6 Å². The van der Waals surface area contributed by atoms with Gasteiger partial charge >= 0.3 is 0 Å². The largest absolute Gasteiger partial charge is 0.380 e. The summed E-state index contributed by atoms with van der Waals surface area (Å²) in [5.74, 6) is 0.680. The van der Waals surface area contributed by atoms with E-state index in [1.807, 2.05) is 0 Å². The van der Waals surface area contributed by atoms with Crippen molar-refractivity contribution in [3.05, 3.63) is 0 Å². The third-order valence-corrected chi connectivity index (χ3v) is 2.04. The van der Waals surface area contributed by atoms with Crippen LogP contribution in [-0.4, -0.2) is 19.3 Å².